The third kappa shape index (κ3) is 2.88. The van der Waals surface area contributed by atoms with Gasteiger partial charge in [-0.05, 0) is 37.3 Å². The Labute approximate surface area is 135 Å². The maximum Gasteiger partial charge on any atom is 0.419 e. The summed E-state index contributed by atoms with van der Waals surface area (Å²) in [6.07, 6.45) is -5.17. The lowest BCUT2D eigenvalue weighted by molar-refractivity contribution is -0.137. The quantitative estimate of drug-likeness (QED) is 0.690. The molecule has 23 heavy (non-hydrogen) atoms. The van der Waals surface area contributed by atoms with E-state index in [1.807, 2.05) is 12.1 Å². The molecule has 1 heterocycles. The van der Waals surface area contributed by atoms with E-state index in [9.17, 15) is 18.0 Å². The number of hydrogen-bond donors (Lipinski definition) is 0. The molecule has 3 rings (SSSR count). The van der Waals surface area contributed by atoms with E-state index >= 15 is 0 Å². The number of ether oxygens (including phenoxy) is 1. The second-order valence-electron chi connectivity index (χ2n) is 4.78. The first-order chi connectivity index (χ1) is 10.9. The molecule has 0 aromatic heterocycles. The van der Waals surface area contributed by atoms with Crippen LogP contribution in [0.5, 0.6) is 0 Å². The molecule has 1 aliphatic heterocycles. The minimum absolute atomic E-state index is 0.138. The number of carbonyl (C=O) groups excluding carboxylic acids is 1. The molecule has 0 unspecified atom stereocenters. The summed E-state index contributed by atoms with van der Waals surface area (Å²) in [6, 6.07) is 10.4. The van der Waals surface area contributed by atoms with Gasteiger partial charge in [-0.3, -0.25) is 0 Å². The largest absolute Gasteiger partial charge is 0.449 e. The Morgan fingerprint density at radius 2 is 1.83 bits per heavy atom. The van der Waals surface area contributed by atoms with E-state index in [-0.39, 0.29) is 12.3 Å². The van der Waals surface area contributed by atoms with E-state index in [2.05, 4.69) is 0 Å². The molecule has 2 aromatic carbocycles. The van der Waals surface area contributed by atoms with Crippen LogP contribution in [0.1, 0.15) is 12.5 Å². The van der Waals surface area contributed by atoms with Crippen molar-refractivity contribution in [3.8, 4) is 0 Å². The summed E-state index contributed by atoms with van der Waals surface area (Å²) in [7, 11) is 0. The van der Waals surface area contributed by atoms with Crippen LogP contribution in [0.15, 0.2) is 52.3 Å². The molecule has 0 fully saturated rings. The van der Waals surface area contributed by atoms with Gasteiger partial charge in [0.15, 0.2) is 0 Å². The van der Waals surface area contributed by atoms with Crippen molar-refractivity contribution in [2.75, 3.05) is 11.5 Å². The Hall–Kier alpha value is -2.15. The van der Waals surface area contributed by atoms with Gasteiger partial charge >= 0.3 is 12.3 Å². The maximum absolute atomic E-state index is 13.0. The predicted octanol–water partition coefficient (Wildman–Crippen LogP) is 5.46. The number of halogens is 3. The fourth-order valence-electron chi connectivity index (χ4n) is 2.32. The van der Waals surface area contributed by atoms with Crippen LogP contribution < -0.4 is 4.90 Å². The van der Waals surface area contributed by atoms with Crippen LogP contribution in [0.3, 0.4) is 0 Å². The number of fused-ring (bicyclic) bond motifs is 2. The number of carbonyl (C=O) groups is 1. The number of hydrogen-bond acceptors (Lipinski definition) is 3. The highest BCUT2D eigenvalue weighted by Gasteiger charge is 2.35. The van der Waals surface area contributed by atoms with Crippen molar-refractivity contribution in [3.05, 3.63) is 48.0 Å². The second-order valence-corrected chi connectivity index (χ2v) is 5.87. The van der Waals surface area contributed by atoms with Crippen LogP contribution in [0.25, 0.3) is 0 Å². The van der Waals surface area contributed by atoms with Crippen LogP contribution in [0.4, 0.5) is 29.3 Å². The average molecular weight is 339 g/mol. The molecule has 1 amide bonds. The zero-order chi connectivity index (χ0) is 16.6. The molecular formula is C16H12F3NO2S. The van der Waals surface area contributed by atoms with E-state index < -0.39 is 17.8 Å². The number of amides is 1. The number of para-hydroxylation sites is 1. The van der Waals surface area contributed by atoms with Crippen molar-refractivity contribution in [3.63, 3.8) is 0 Å². The van der Waals surface area contributed by atoms with Crippen molar-refractivity contribution in [2.24, 2.45) is 0 Å². The highest BCUT2D eigenvalue weighted by Crippen LogP contribution is 2.49. The molecule has 0 atom stereocenters. The number of alkyl halides is 3. The third-order valence-corrected chi connectivity index (χ3v) is 4.43. The van der Waals surface area contributed by atoms with E-state index in [1.54, 1.807) is 19.1 Å². The Kier molecular flexibility index (Phi) is 3.97. The molecule has 0 saturated carbocycles. The molecular weight excluding hydrogens is 327 g/mol. The Bertz CT molecular complexity index is 761. The topological polar surface area (TPSA) is 29.5 Å². The molecule has 0 N–H and O–H groups in total. The maximum atomic E-state index is 13.0. The number of rotatable bonds is 1. The second kappa shape index (κ2) is 5.81. The lowest BCUT2D eigenvalue weighted by Crippen LogP contribution is -2.29. The van der Waals surface area contributed by atoms with Crippen molar-refractivity contribution >= 4 is 29.2 Å². The SMILES string of the molecule is CCOC(=O)N1c2ccccc2Sc2ccc(C(F)(F)F)cc21. The smallest absolute Gasteiger partial charge is 0.419 e. The first-order valence-electron chi connectivity index (χ1n) is 6.87. The van der Waals surface area contributed by atoms with Gasteiger partial charge in [0, 0.05) is 9.79 Å². The number of nitrogens with zero attached hydrogens (tertiary/aromatic N) is 1. The van der Waals surface area contributed by atoms with Gasteiger partial charge in [0.1, 0.15) is 0 Å². The summed E-state index contributed by atoms with van der Waals surface area (Å²) in [4.78, 5) is 14.9. The van der Waals surface area contributed by atoms with Gasteiger partial charge in [0.25, 0.3) is 0 Å². The molecule has 3 nitrogen and oxygen atoms in total. The molecule has 0 spiro atoms. The normalized spacial score (nSPS) is 13.3. The van der Waals surface area contributed by atoms with E-state index in [1.165, 1.54) is 22.7 Å². The van der Waals surface area contributed by atoms with Crippen molar-refractivity contribution < 1.29 is 22.7 Å². The van der Waals surface area contributed by atoms with Crippen LogP contribution in [0, 0.1) is 0 Å². The predicted molar refractivity (Wildman–Crippen MR) is 81.2 cm³/mol. The number of anilines is 2. The lowest BCUT2D eigenvalue weighted by atomic mass is 10.1. The molecule has 0 saturated heterocycles. The first kappa shape index (κ1) is 15.7. The minimum atomic E-state index is -4.48. The molecule has 0 aliphatic carbocycles. The van der Waals surface area contributed by atoms with Gasteiger partial charge in [-0.15, -0.1) is 0 Å². The average Bonchev–Trinajstić information content (AvgIpc) is 2.51. The van der Waals surface area contributed by atoms with E-state index in [4.69, 9.17) is 4.74 Å². The standard InChI is InChI=1S/C16H12F3NO2S/c1-2-22-15(21)20-11-5-3-4-6-13(11)23-14-8-7-10(9-12(14)20)16(17,18)19/h3-9H,2H2,1H3. The summed E-state index contributed by atoms with van der Waals surface area (Å²) in [5.74, 6) is 0. The Balaban J connectivity index is 2.16. The molecule has 7 heteroatoms. The van der Waals surface area contributed by atoms with Gasteiger partial charge in [-0.1, -0.05) is 23.9 Å². The van der Waals surface area contributed by atoms with Crippen molar-refractivity contribution in [1.82, 2.24) is 0 Å². The van der Waals surface area contributed by atoms with Crippen molar-refractivity contribution in [1.29, 1.82) is 0 Å². The highest BCUT2D eigenvalue weighted by molar-refractivity contribution is 7.99. The lowest BCUT2D eigenvalue weighted by Gasteiger charge is -2.30. The summed E-state index contributed by atoms with van der Waals surface area (Å²) in [6.45, 7) is 1.79. The molecule has 1 aliphatic rings. The van der Waals surface area contributed by atoms with Gasteiger partial charge in [0.05, 0.1) is 23.5 Å². The van der Waals surface area contributed by atoms with E-state index in [0.717, 1.165) is 17.0 Å². The Morgan fingerprint density at radius 1 is 1.13 bits per heavy atom. The van der Waals surface area contributed by atoms with Crippen LogP contribution in [-0.4, -0.2) is 12.7 Å². The number of benzene rings is 2. The summed E-state index contributed by atoms with van der Waals surface area (Å²) < 4.78 is 44.0. The van der Waals surface area contributed by atoms with Gasteiger partial charge in [-0.25, -0.2) is 9.69 Å². The fraction of sp³-hybridized carbons (Fsp3) is 0.188. The summed E-state index contributed by atoms with van der Waals surface area (Å²) in [5.41, 5.74) is -0.102. The summed E-state index contributed by atoms with van der Waals surface area (Å²) in [5, 5.41) is 0. The third-order valence-electron chi connectivity index (χ3n) is 3.30. The van der Waals surface area contributed by atoms with Crippen LogP contribution in [-0.2, 0) is 10.9 Å². The minimum Gasteiger partial charge on any atom is -0.449 e. The molecule has 0 bridgehead atoms. The zero-order valence-electron chi connectivity index (χ0n) is 12.1. The zero-order valence-corrected chi connectivity index (χ0v) is 12.9. The van der Waals surface area contributed by atoms with Gasteiger partial charge in [0.2, 0.25) is 0 Å². The Morgan fingerprint density at radius 3 is 2.52 bits per heavy atom. The van der Waals surface area contributed by atoms with Crippen molar-refractivity contribution in [2.45, 2.75) is 22.9 Å². The molecule has 120 valence electrons. The van der Waals surface area contributed by atoms with E-state index in [0.29, 0.717) is 10.6 Å². The van der Waals surface area contributed by atoms with Gasteiger partial charge in [-0.2, -0.15) is 13.2 Å². The van der Waals surface area contributed by atoms with Crippen LogP contribution >= 0.6 is 11.8 Å². The fourth-order valence-corrected chi connectivity index (χ4v) is 3.35. The molecule has 2 aromatic rings. The molecule has 0 radical (unpaired) electrons. The summed E-state index contributed by atoms with van der Waals surface area (Å²) >= 11 is 1.32. The van der Waals surface area contributed by atoms with Crippen LogP contribution in [0.2, 0.25) is 0 Å². The van der Waals surface area contributed by atoms with Gasteiger partial charge < -0.3 is 4.74 Å². The monoisotopic (exact) mass is 339 g/mol. The highest BCUT2D eigenvalue weighted by atomic mass is 32.2. The first-order valence-corrected chi connectivity index (χ1v) is 7.68.